The second-order valence-electron chi connectivity index (χ2n) is 3.32. The van der Waals surface area contributed by atoms with E-state index in [9.17, 15) is 14.9 Å². The number of ketones is 1. The lowest BCUT2D eigenvalue weighted by Crippen LogP contribution is -2.13. The summed E-state index contributed by atoms with van der Waals surface area (Å²) in [5.74, 6) is -0.243. The molecule has 0 radical (unpaired) electrons. The Morgan fingerprint density at radius 3 is 2.62 bits per heavy atom. The summed E-state index contributed by atoms with van der Waals surface area (Å²) in [5, 5.41) is 10.0. The predicted octanol–water partition coefficient (Wildman–Crippen LogP) is 1.44. The van der Waals surface area contributed by atoms with Gasteiger partial charge in [-0.05, 0) is 5.56 Å². The lowest BCUT2D eigenvalue weighted by molar-refractivity contribution is -0.478. The quantitative estimate of drug-likeness (QED) is 0.518. The van der Waals surface area contributed by atoms with E-state index < -0.39 is 4.92 Å². The van der Waals surface area contributed by atoms with E-state index in [0.717, 1.165) is 5.56 Å². The second kappa shape index (κ2) is 6.68. The van der Waals surface area contributed by atoms with Crippen LogP contribution >= 0.6 is 0 Å². The Bertz CT molecular complexity index is 350. The maximum atomic E-state index is 11.1. The van der Waals surface area contributed by atoms with Gasteiger partial charge in [0.1, 0.15) is 6.61 Å². The van der Waals surface area contributed by atoms with Crippen LogP contribution in [0.4, 0.5) is 0 Å². The largest absolute Gasteiger partial charge is 0.369 e. The molecule has 0 unspecified atom stereocenters. The number of benzene rings is 1. The van der Waals surface area contributed by atoms with Gasteiger partial charge < -0.3 is 4.74 Å². The summed E-state index contributed by atoms with van der Waals surface area (Å²) >= 11 is 0. The van der Waals surface area contributed by atoms with Crippen LogP contribution < -0.4 is 0 Å². The first kappa shape index (κ1) is 12.3. The summed E-state index contributed by atoms with van der Waals surface area (Å²) in [7, 11) is 0. The molecule has 0 amide bonds. The number of rotatable bonds is 7. The third kappa shape index (κ3) is 5.21. The lowest BCUT2D eigenvalue weighted by atomic mass is 10.2. The predicted molar refractivity (Wildman–Crippen MR) is 57.6 cm³/mol. The lowest BCUT2D eigenvalue weighted by Gasteiger charge is -2.02. The summed E-state index contributed by atoms with van der Waals surface area (Å²) in [6.45, 7) is -0.0404. The molecule has 0 fully saturated rings. The molecule has 1 rings (SSSR count). The number of carbonyl (C=O) groups excluding carboxylic acids is 1. The van der Waals surface area contributed by atoms with Crippen molar-refractivity contribution in [3.05, 3.63) is 46.0 Å². The number of carbonyl (C=O) groups is 1. The second-order valence-corrected chi connectivity index (χ2v) is 3.32. The van der Waals surface area contributed by atoms with Crippen molar-refractivity contribution in [2.24, 2.45) is 0 Å². The van der Waals surface area contributed by atoms with E-state index in [1.54, 1.807) is 0 Å². The molecule has 5 heteroatoms. The molecule has 86 valence electrons. The minimum absolute atomic E-state index is 0.0667. The van der Waals surface area contributed by atoms with Crippen molar-refractivity contribution in [1.82, 2.24) is 0 Å². The van der Waals surface area contributed by atoms with Crippen LogP contribution in [0.3, 0.4) is 0 Å². The van der Waals surface area contributed by atoms with Gasteiger partial charge in [0.05, 0.1) is 13.0 Å². The van der Waals surface area contributed by atoms with Crippen LogP contribution in [0.1, 0.15) is 12.0 Å². The zero-order chi connectivity index (χ0) is 11.8. The maximum absolute atomic E-state index is 11.1. The van der Waals surface area contributed by atoms with Gasteiger partial charge in [-0.25, -0.2) is 0 Å². The van der Waals surface area contributed by atoms with Crippen molar-refractivity contribution in [3.63, 3.8) is 0 Å². The highest BCUT2D eigenvalue weighted by Crippen LogP contribution is 2.00. The van der Waals surface area contributed by atoms with Crippen molar-refractivity contribution in [2.45, 2.75) is 13.0 Å². The molecule has 0 saturated carbocycles. The van der Waals surface area contributed by atoms with Gasteiger partial charge in [-0.15, -0.1) is 0 Å². The Morgan fingerprint density at radius 1 is 1.31 bits per heavy atom. The Hall–Kier alpha value is -1.75. The SMILES string of the molecule is O=C(CC[N+](=O)[O-])COCc1ccccc1. The number of Topliss-reactive ketones (excluding diaryl/α,β-unsaturated/α-hetero) is 1. The van der Waals surface area contributed by atoms with E-state index in [2.05, 4.69) is 0 Å². The number of nitrogens with zero attached hydrogens (tertiary/aromatic N) is 1. The van der Waals surface area contributed by atoms with Crippen LogP contribution in [0.2, 0.25) is 0 Å². The minimum atomic E-state index is -0.505. The third-order valence-corrected chi connectivity index (χ3v) is 1.95. The van der Waals surface area contributed by atoms with Crippen molar-refractivity contribution in [1.29, 1.82) is 0 Å². The summed E-state index contributed by atoms with van der Waals surface area (Å²) in [6, 6.07) is 9.44. The van der Waals surface area contributed by atoms with Crippen LogP contribution in [0, 0.1) is 10.1 Å². The molecule has 0 bridgehead atoms. The molecule has 0 aromatic heterocycles. The fourth-order valence-corrected chi connectivity index (χ4v) is 1.15. The molecule has 5 nitrogen and oxygen atoms in total. The van der Waals surface area contributed by atoms with Gasteiger partial charge in [0.15, 0.2) is 5.78 Å². The fourth-order valence-electron chi connectivity index (χ4n) is 1.15. The Balaban J connectivity index is 2.16. The molecular formula is C11H13NO4. The molecule has 0 N–H and O–H groups in total. The van der Waals surface area contributed by atoms with E-state index in [0.29, 0.717) is 6.61 Å². The monoisotopic (exact) mass is 223 g/mol. The van der Waals surface area contributed by atoms with Gasteiger partial charge in [-0.2, -0.15) is 0 Å². The molecule has 0 atom stereocenters. The van der Waals surface area contributed by atoms with E-state index in [1.807, 2.05) is 30.3 Å². The number of ether oxygens (including phenoxy) is 1. The summed E-state index contributed by atoms with van der Waals surface area (Å²) in [6.07, 6.45) is -0.0677. The van der Waals surface area contributed by atoms with Gasteiger partial charge in [0, 0.05) is 4.92 Å². The molecule has 0 aliphatic heterocycles. The summed E-state index contributed by atoms with van der Waals surface area (Å²) in [5.41, 5.74) is 0.976. The zero-order valence-electron chi connectivity index (χ0n) is 8.80. The first-order valence-electron chi connectivity index (χ1n) is 4.93. The molecular weight excluding hydrogens is 210 g/mol. The van der Waals surface area contributed by atoms with E-state index in [-0.39, 0.29) is 25.4 Å². The van der Waals surface area contributed by atoms with Gasteiger partial charge >= 0.3 is 0 Å². The zero-order valence-corrected chi connectivity index (χ0v) is 8.80. The highest BCUT2D eigenvalue weighted by Gasteiger charge is 2.06. The van der Waals surface area contributed by atoms with E-state index in [1.165, 1.54) is 0 Å². The Labute approximate surface area is 93.2 Å². The number of hydrogen-bond acceptors (Lipinski definition) is 4. The van der Waals surface area contributed by atoms with Crippen molar-refractivity contribution in [3.8, 4) is 0 Å². The van der Waals surface area contributed by atoms with E-state index in [4.69, 9.17) is 4.74 Å². The summed E-state index contributed by atoms with van der Waals surface area (Å²) < 4.78 is 5.14. The van der Waals surface area contributed by atoms with Gasteiger partial charge in [-0.1, -0.05) is 30.3 Å². The van der Waals surface area contributed by atoms with Crippen LogP contribution in [0.15, 0.2) is 30.3 Å². The highest BCUT2D eigenvalue weighted by molar-refractivity contribution is 5.79. The average molecular weight is 223 g/mol. The fraction of sp³-hybridized carbons (Fsp3) is 0.364. The molecule has 1 aromatic carbocycles. The van der Waals surface area contributed by atoms with Crippen LogP contribution in [0.5, 0.6) is 0 Å². The normalized spacial score (nSPS) is 10.0. The first-order chi connectivity index (χ1) is 7.68. The van der Waals surface area contributed by atoms with Gasteiger partial charge in [-0.3, -0.25) is 14.9 Å². The van der Waals surface area contributed by atoms with E-state index >= 15 is 0 Å². The molecule has 0 aliphatic rings. The van der Waals surface area contributed by atoms with Crippen molar-refractivity contribution >= 4 is 5.78 Å². The van der Waals surface area contributed by atoms with Gasteiger partial charge in [0.25, 0.3) is 0 Å². The maximum Gasteiger partial charge on any atom is 0.210 e. The standard InChI is InChI=1S/C11H13NO4/c13-11(6-7-12(14)15)9-16-8-10-4-2-1-3-5-10/h1-5H,6-9H2. The number of hydrogen-bond donors (Lipinski definition) is 0. The topological polar surface area (TPSA) is 69.4 Å². The molecule has 16 heavy (non-hydrogen) atoms. The van der Waals surface area contributed by atoms with Crippen LogP contribution in [0.25, 0.3) is 0 Å². The molecule has 0 heterocycles. The Morgan fingerprint density at radius 2 is 2.00 bits per heavy atom. The first-order valence-corrected chi connectivity index (χ1v) is 4.93. The van der Waals surface area contributed by atoms with Crippen molar-refractivity contribution < 1.29 is 14.5 Å². The Kier molecular flexibility index (Phi) is 5.15. The van der Waals surface area contributed by atoms with Crippen LogP contribution in [-0.2, 0) is 16.1 Å². The molecule has 0 spiro atoms. The number of nitro groups is 1. The third-order valence-electron chi connectivity index (χ3n) is 1.95. The highest BCUT2D eigenvalue weighted by atomic mass is 16.6. The molecule has 0 saturated heterocycles. The van der Waals surface area contributed by atoms with Crippen molar-refractivity contribution in [2.75, 3.05) is 13.2 Å². The summed E-state index contributed by atoms with van der Waals surface area (Å²) in [4.78, 5) is 20.6. The average Bonchev–Trinajstić information content (AvgIpc) is 2.28. The van der Waals surface area contributed by atoms with Gasteiger partial charge in [0.2, 0.25) is 6.54 Å². The van der Waals surface area contributed by atoms with Crippen LogP contribution in [-0.4, -0.2) is 23.9 Å². The molecule has 0 aliphatic carbocycles. The smallest absolute Gasteiger partial charge is 0.210 e. The molecule has 1 aromatic rings. The minimum Gasteiger partial charge on any atom is -0.369 e.